The van der Waals surface area contributed by atoms with E-state index in [2.05, 4.69) is 6.92 Å². The van der Waals surface area contributed by atoms with Gasteiger partial charge in [-0.3, -0.25) is 0 Å². The van der Waals surface area contributed by atoms with Crippen molar-refractivity contribution in [1.82, 2.24) is 0 Å². The van der Waals surface area contributed by atoms with Crippen molar-refractivity contribution >= 4 is 5.97 Å². The number of aromatic hydroxyl groups is 3. The molecule has 5 heteroatoms. The van der Waals surface area contributed by atoms with E-state index in [0.29, 0.717) is 0 Å². The fraction of sp³-hybridized carbons (Fsp3) is 0.562. The highest BCUT2D eigenvalue weighted by atomic mass is 16.5. The van der Waals surface area contributed by atoms with Crippen LogP contribution >= 0.6 is 0 Å². The molecule has 1 aromatic carbocycles. The molecule has 0 fully saturated rings. The molecular formula is C16H24O5. The molecule has 0 saturated heterocycles. The van der Waals surface area contributed by atoms with Gasteiger partial charge in [0.2, 0.25) is 0 Å². The van der Waals surface area contributed by atoms with E-state index in [1.54, 1.807) is 0 Å². The number of carbonyl (C=O) groups excluding carboxylic acids is 1. The average Bonchev–Trinajstić information content (AvgIpc) is 2.43. The molecule has 0 radical (unpaired) electrons. The fourth-order valence-electron chi connectivity index (χ4n) is 2.07. The second-order valence-electron chi connectivity index (χ2n) is 5.28. The Balaban J connectivity index is 2.45. The van der Waals surface area contributed by atoms with Crippen LogP contribution in [0.4, 0.5) is 0 Å². The number of phenols is 3. The van der Waals surface area contributed by atoms with Gasteiger partial charge in [-0.1, -0.05) is 32.6 Å². The van der Waals surface area contributed by atoms with Crippen LogP contribution < -0.4 is 0 Å². The number of unbranched alkanes of at least 4 members (excludes halogenated alkanes) is 4. The van der Waals surface area contributed by atoms with Gasteiger partial charge >= 0.3 is 5.97 Å². The highest BCUT2D eigenvalue weighted by Gasteiger charge is 2.16. The van der Waals surface area contributed by atoms with Gasteiger partial charge in [0.15, 0.2) is 17.2 Å². The van der Waals surface area contributed by atoms with Crippen molar-refractivity contribution in [2.24, 2.45) is 0 Å². The molecule has 118 valence electrons. The predicted octanol–water partition coefficient (Wildman–Crippen LogP) is 3.71. The van der Waals surface area contributed by atoms with Crippen molar-refractivity contribution < 1.29 is 24.9 Å². The van der Waals surface area contributed by atoms with Crippen LogP contribution in [0.1, 0.15) is 62.7 Å². The Morgan fingerprint density at radius 1 is 1.10 bits per heavy atom. The first-order valence-corrected chi connectivity index (χ1v) is 7.41. The Morgan fingerprint density at radius 3 is 2.24 bits per heavy atom. The van der Waals surface area contributed by atoms with Crippen molar-refractivity contribution in [2.45, 2.75) is 58.5 Å². The van der Waals surface area contributed by atoms with Crippen LogP contribution in [0.25, 0.3) is 0 Å². The van der Waals surface area contributed by atoms with E-state index < -0.39 is 23.2 Å². The summed E-state index contributed by atoms with van der Waals surface area (Å²) in [6.07, 6.45) is 6.29. The summed E-state index contributed by atoms with van der Waals surface area (Å²) in [6, 6.07) is 2.15. The largest absolute Gasteiger partial charge is 0.504 e. The maximum Gasteiger partial charge on any atom is 0.338 e. The molecular weight excluding hydrogens is 272 g/mol. The SMILES string of the molecule is CCCCCCCC(C)OC(=O)c1cc(O)c(O)c(O)c1. The first-order chi connectivity index (χ1) is 9.95. The molecule has 0 spiro atoms. The smallest absolute Gasteiger partial charge is 0.338 e. The van der Waals surface area contributed by atoms with Crippen molar-refractivity contribution in [3.8, 4) is 17.2 Å². The number of benzene rings is 1. The van der Waals surface area contributed by atoms with Gasteiger partial charge in [-0.15, -0.1) is 0 Å². The summed E-state index contributed by atoms with van der Waals surface area (Å²) in [6.45, 7) is 3.98. The van der Waals surface area contributed by atoms with Crippen LogP contribution in [0.3, 0.4) is 0 Å². The molecule has 0 heterocycles. The number of rotatable bonds is 8. The molecule has 0 bridgehead atoms. The summed E-state index contributed by atoms with van der Waals surface area (Å²) in [7, 11) is 0. The van der Waals surface area contributed by atoms with Gasteiger partial charge in [0.1, 0.15) is 0 Å². The second-order valence-corrected chi connectivity index (χ2v) is 5.28. The zero-order chi connectivity index (χ0) is 15.8. The number of hydrogen-bond acceptors (Lipinski definition) is 5. The minimum atomic E-state index is -0.643. The van der Waals surface area contributed by atoms with Gasteiger partial charge in [0.25, 0.3) is 0 Å². The van der Waals surface area contributed by atoms with E-state index in [9.17, 15) is 20.1 Å². The maximum absolute atomic E-state index is 11.9. The van der Waals surface area contributed by atoms with Crippen molar-refractivity contribution in [3.05, 3.63) is 17.7 Å². The van der Waals surface area contributed by atoms with Crippen molar-refractivity contribution in [2.75, 3.05) is 0 Å². The van der Waals surface area contributed by atoms with Gasteiger partial charge < -0.3 is 20.1 Å². The number of hydrogen-bond donors (Lipinski definition) is 3. The van der Waals surface area contributed by atoms with E-state index in [1.165, 1.54) is 19.3 Å². The Labute approximate surface area is 125 Å². The number of ether oxygens (including phenoxy) is 1. The molecule has 0 aromatic heterocycles. The summed E-state index contributed by atoms with van der Waals surface area (Å²) in [5, 5.41) is 28.0. The van der Waals surface area contributed by atoms with Gasteiger partial charge in [0, 0.05) is 0 Å². The second kappa shape index (κ2) is 8.39. The van der Waals surface area contributed by atoms with Gasteiger partial charge in [-0.2, -0.15) is 0 Å². The van der Waals surface area contributed by atoms with Crippen LogP contribution in [0.2, 0.25) is 0 Å². The van der Waals surface area contributed by atoms with Gasteiger partial charge in [-0.05, 0) is 31.9 Å². The highest BCUT2D eigenvalue weighted by Crippen LogP contribution is 2.35. The Kier molecular flexibility index (Phi) is 6.85. The lowest BCUT2D eigenvalue weighted by Gasteiger charge is -2.13. The average molecular weight is 296 g/mol. The zero-order valence-electron chi connectivity index (χ0n) is 12.6. The third-order valence-electron chi connectivity index (χ3n) is 3.33. The third kappa shape index (κ3) is 5.53. The Morgan fingerprint density at radius 2 is 1.67 bits per heavy atom. The number of carbonyl (C=O) groups is 1. The molecule has 1 aromatic rings. The van der Waals surface area contributed by atoms with Gasteiger partial charge in [0.05, 0.1) is 11.7 Å². The van der Waals surface area contributed by atoms with E-state index >= 15 is 0 Å². The third-order valence-corrected chi connectivity index (χ3v) is 3.33. The maximum atomic E-state index is 11.9. The van der Waals surface area contributed by atoms with E-state index in [-0.39, 0.29) is 11.7 Å². The molecule has 1 unspecified atom stereocenters. The quantitative estimate of drug-likeness (QED) is 0.387. The molecule has 0 aliphatic carbocycles. The van der Waals surface area contributed by atoms with Crippen molar-refractivity contribution in [1.29, 1.82) is 0 Å². The standard InChI is InChI=1S/C16H24O5/c1-3-4-5-6-7-8-11(2)21-16(20)12-9-13(17)15(19)14(18)10-12/h9-11,17-19H,3-8H2,1-2H3. The van der Waals surface area contributed by atoms with Crippen LogP contribution in [-0.2, 0) is 4.74 Å². The summed E-state index contributed by atoms with van der Waals surface area (Å²) in [5.41, 5.74) is 0.0145. The number of esters is 1. The molecule has 3 N–H and O–H groups in total. The Hall–Kier alpha value is -1.91. The normalized spacial score (nSPS) is 12.1. The Bertz CT molecular complexity index is 447. The lowest BCUT2D eigenvalue weighted by molar-refractivity contribution is 0.0318. The molecule has 0 amide bonds. The number of phenolic OH excluding ortho intramolecular Hbond substituents is 3. The van der Waals surface area contributed by atoms with E-state index in [1.807, 2.05) is 6.92 Å². The minimum Gasteiger partial charge on any atom is -0.504 e. The molecule has 0 saturated carbocycles. The molecule has 0 aliphatic heterocycles. The van der Waals surface area contributed by atoms with Gasteiger partial charge in [-0.25, -0.2) is 4.79 Å². The summed E-state index contributed by atoms with van der Waals surface area (Å²) in [4.78, 5) is 11.9. The molecule has 0 aliphatic rings. The monoisotopic (exact) mass is 296 g/mol. The highest BCUT2D eigenvalue weighted by molar-refractivity contribution is 5.91. The lowest BCUT2D eigenvalue weighted by atomic mass is 10.1. The molecule has 1 atom stereocenters. The molecule has 1 rings (SSSR count). The first-order valence-electron chi connectivity index (χ1n) is 7.41. The van der Waals surface area contributed by atoms with E-state index in [4.69, 9.17) is 4.74 Å². The van der Waals surface area contributed by atoms with E-state index in [0.717, 1.165) is 31.4 Å². The fourth-order valence-corrected chi connectivity index (χ4v) is 2.07. The van der Waals surface area contributed by atoms with Crippen LogP contribution in [0, 0.1) is 0 Å². The van der Waals surface area contributed by atoms with Crippen LogP contribution in [0.15, 0.2) is 12.1 Å². The zero-order valence-corrected chi connectivity index (χ0v) is 12.6. The van der Waals surface area contributed by atoms with Crippen LogP contribution in [0.5, 0.6) is 17.2 Å². The van der Waals surface area contributed by atoms with Crippen molar-refractivity contribution in [3.63, 3.8) is 0 Å². The minimum absolute atomic E-state index is 0.0145. The summed E-state index contributed by atoms with van der Waals surface area (Å²) < 4.78 is 5.25. The lowest BCUT2D eigenvalue weighted by Crippen LogP contribution is -2.15. The first kappa shape index (κ1) is 17.1. The topological polar surface area (TPSA) is 87.0 Å². The molecule has 5 nitrogen and oxygen atoms in total. The predicted molar refractivity (Wildman–Crippen MR) is 79.7 cm³/mol. The van der Waals surface area contributed by atoms with Crippen LogP contribution in [-0.4, -0.2) is 27.4 Å². The summed E-state index contributed by atoms with van der Waals surface area (Å²) in [5.74, 6) is -2.36. The molecule has 21 heavy (non-hydrogen) atoms. The summed E-state index contributed by atoms with van der Waals surface area (Å²) >= 11 is 0.